The summed E-state index contributed by atoms with van der Waals surface area (Å²) in [5.41, 5.74) is 6.44. The van der Waals surface area contributed by atoms with Crippen LogP contribution in [0.3, 0.4) is 0 Å². The van der Waals surface area contributed by atoms with Gasteiger partial charge in [0.1, 0.15) is 0 Å². The number of nitrogens with two attached hydrogens (primary N) is 1. The summed E-state index contributed by atoms with van der Waals surface area (Å²) >= 11 is 5.85. The molecule has 1 amide bonds. The average Bonchev–Trinajstić information content (AvgIpc) is 2.33. The van der Waals surface area contributed by atoms with Gasteiger partial charge in [-0.05, 0) is 24.6 Å². The Bertz CT molecular complexity index is 629. The van der Waals surface area contributed by atoms with E-state index in [9.17, 15) is 13.2 Å². The fourth-order valence-corrected chi connectivity index (χ4v) is 3.22. The first-order valence-corrected chi connectivity index (χ1v) is 7.61. The lowest BCUT2D eigenvalue weighted by Gasteiger charge is -2.20. The smallest absolute Gasteiger partial charge is 0.243 e. The van der Waals surface area contributed by atoms with Crippen LogP contribution in [-0.4, -0.2) is 51.2 Å². The highest BCUT2D eigenvalue weighted by Gasteiger charge is 2.26. The molecule has 6 nitrogen and oxygen atoms in total. The number of benzene rings is 1. The van der Waals surface area contributed by atoms with Crippen LogP contribution >= 0.6 is 11.6 Å². The first kappa shape index (κ1) is 16.7. The van der Waals surface area contributed by atoms with Crippen LogP contribution in [-0.2, 0) is 14.8 Å². The minimum atomic E-state index is -3.82. The van der Waals surface area contributed by atoms with E-state index >= 15 is 0 Å². The topological polar surface area (TPSA) is 83.7 Å². The molecule has 0 heterocycles. The quantitative estimate of drug-likeness (QED) is 0.837. The second-order valence-corrected chi connectivity index (χ2v) is 7.12. The van der Waals surface area contributed by atoms with Crippen LogP contribution < -0.4 is 5.73 Å². The summed E-state index contributed by atoms with van der Waals surface area (Å²) in [4.78, 5) is 13.0. The van der Waals surface area contributed by atoms with Gasteiger partial charge in [0.05, 0.1) is 11.4 Å². The summed E-state index contributed by atoms with van der Waals surface area (Å²) in [6.07, 6.45) is 0. The van der Waals surface area contributed by atoms with E-state index in [0.29, 0.717) is 11.3 Å². The van der Waals surface area contributed by atoms with Gasteiger partial charge in [-0.25, -0.2) is 8.42 Å². The predicted molar refractivity (Wildman–Crippen MR) is 79.1 cm³/mol. The number of sulfonamides is 1. The number of likely N-dealkylation sites (N-methyl/N-ethyl adjacent to an activating group) is 2. The zero-order chi connectivity index (χ0) is 15.7. The normalized spacial score (nSPS) is 11.7. The molecular formula is C12H18ClN3O3S. The molecule has 1 aromatic carbocycles. The molecule has 20 heavy (non-hydrogen) atoms. The standard InChI is InChI=1S/C12H18ClN3O3S/c1-8-10(14)5-9(13)6-11(8)20(18,19)16(4)7-12(17)15(2)3/h5-6H,7,14H2,1-4H3. The molecule has 0 saturated carbocycles. The van der Waals surface area contributed by atoms with Crippen LogP contribution in [0.15, 0.2) is 17.0 Å². The molecule has 0 saturated heterocycles. The lowest BCUT2D eigenvalue weighted by molar-refractivity contribution is -0.128. The van der Waals surface area contributed by atoms with Gasteiger partial charge < -0.3 is 10.6 Å². The van der Waals surface area contributed by atoms with E-state index in [1.165, 1.54) is 24.1 Å². The summed E-state index contributed by atoms with van der Waals surface area (Å²) in [5, 5.41) is 0.235. The van der Waals surface area contributed by atoms with Gasteiger partial charge in [-0.3, -0.25) is 4.79 Å². The van der Waals surface area contributed by atoms with Gasteiger partial charge in [0.15, 0.2) is 0 Å². The largest absolute Gasteiger partial charge is 0.398 e. The van der Waals surface area contributed by atoms with Crippen LogP contribution in [0.1, 0.15) is 5.56 Å². The molecule has 0 fully saturated rings. The monoisotopic (exact) mass is 319 g/mol. The Labute approximate surface area is 124 Å². The van der Waals surface area contributed by atoms with E-state index < -0.39 is 10.0 Å². The second-order valence-electron chi connectivity index (χ2n) is 4.67. The molecule has 0 radical (unpaired) electrons. The molecule has 2 N–H and O–H groups in total. The van der Waals surface area contributed by atoms with Gasteiger partial charge in [-0.2, -0.15) is 4.31 Å². The summed E-state index contributed by atoms with van der Waals surface area (Å²) in [7, 11) is 0.641. The number of nitrogens with zero attached hydrogens (tertiary/aromatic N) is 2. The van der Waals surface area contributed by atoms with E-state index in [2.05, 4.69) is 0 Å². The van der Waals surface area contributed by atoms with E-state index in [4.69, 9.17) is 17.3 Å². The third-order valence-corrected chi connectivity index (χ3v) is 5.06. The minimum Gasteiger partial charge on any atom is -0.398 e. The zero-order valence-electron chi connectivity index (χ0n) is 11.8. The summed E-state index contributed by atoms with van der Waals surface area (Å²) in [6.45, 7) is 1.35. The molecule has 0 unspecified atom stereocenters. The van der Waals surface area contributed by atoms with Crippen molar-refractivity contribution in [2.45, 2.75) is 11.8 Å². The molecule has 0 atom stereocenters. The predicted octanol–water partition coefficient (Wildman–Crippen LogP) is 0.939. The SMILES string of the molecule is Cc1c(N)cc(Cl)cc1S(=O)(=O)N(C)CC(=O)N(C)C. The summed E-state index contributed by atoms with van der Waals surface area (Å²) in [6, 6.07) is 2.82. The lowest BCUT2D eigenvalue weighted by Crippen LogP contribution is -2.38. The Morgan fingerprint density at radius 1 is 1.30 bits per heavy atom. The molecular weight excluding hydrogens is 302 g/mol. The number of hydrogen-bond donors (Lipinski definition) is 1. The van der Waals surface area contributed by atoms with E-state index in [1.54, 1.807) is 21.0 Å². The van der Waals surface area contributed by atoms with Crippen molar-refractivity contribution in [3.8, 4) is 0 Å². The molecule has 0 bridgehead atoms. The van der Waals surface area contributed by atoms with Crippen molar-refractivity contribution in [1.29, 1.82) is 0 Å². The van der Waals surface area contributed by atoms with E-state index in [0.717, 1.165) is 4.31 Å². The number of carbonyl (C=O) groups excluding carboxylic acids is 1. The van der Waals surface area contributed by atoms with Crippen LogP contribution in [0.25, 0.3) is 0 Å². The minimum absolute atomic E-state index is 0.0107. The van der Waals surface area contributed by atoms with Crippen molar-refractivity contribution < 1.29 is 13.2 Å². The van der Waals surface area contributed by atoms with Crippen LogP contribution in [0.4, 0.5) is 5.69 Å². The molecule has 1 rings (SSSR count). The number of hydrogen-bond acceptors (Lipinski definition) is 4. The van der Waals surface area contributed by atoms with Crippen molar-refractivity contribution in [3.63, 3.8) is 0 Å². The maximum absolute atomic E-state index is 12.5. The Balaban J connectivity index is 3.21. The summed E-state index contributed by atoms with van der Waals surface area (Å²) in [5.74, 6) is -0.316. The highest BCUT2D eigenvalue weighted by molar-refractivity contribution is 7.89. The molecule has 112 valence electrons. The maximum atomic E-state index is 12.5. The third-order valence-electron chi connectivity index (χ3n) is 2.91. The van der Waals surface area contributed by atoms with Crippen molar-refractivity contribution in [2.75, 3.05) is 33.4 Å². The fraction of sp³-hybridized carbons (Fsp3) is 0.417. The maximum Gasteiger partial charge on any atom is 0.243 e. The molecule has 0 spiro atoms. The average molecular weight is 320 g/mol. The number of carbonyl (C=O) groups is 1. The molecule has 0 aliphatic carbocycles. The van der Waals surface area contributed by atoms with Crippen LogP contribution in [0.2, 0.25) is 5.02 Å². The van der Waals surface area contributed by atoms with Gasteiger partial charge in [0.25, 0.3) is 0 Å². The van der Waals surface area contributed by atoms with Crippen molar-refractivity contribution in [3.05, 3.63) is 22.7 Å². The van der Waals surface area contributed by atoms with Crippen molar-refractivity contribution in [1.82, 2.24) is 9.21 Å². The number of halogens is 1. The van der Waals surface area contributed by atoms with Gasteiger partial charge in [-0.15, -0.1) is 0 Å². The molecule has 0 aromatic heterocycles. The Morgan fingerprint density at radius 3 is 2.35 bits per heavy atom. The summed E-state index contributed by atoms with van der Waals surface area (Å²) < 4.78 is 25.9. The Kier molecular flexibility index (Phi) is 5.01. The third kappa shape index (κ3) is 3.41. The van der Waals surface area contributed by atoms with Crippen LogP contribution in [0, 0.1) is 6.92 Å². The van der Waals surface area contributed by atoms with Gasteiger partial charge in [0.2, 0.25) is 15.9 Å². The fourth-order valence-electron chi connectivity index (χ4n) is 1.53. The number of anilines is 1. The highest BCUT2D eigenvalue weighted by Crippen LogP contribution is 2.27. The van der Waals surface area contributed by atoms with Gasteiger partial charge in [0, 0.05) is 31.9 Å². The molecule has 0 aliphatic rings. The second kappa shape index (κ2) is 5.99. The zero-order valence-corrected chi connectivity index (χ0v) is 13.4. The highest BCUT2D eigenvalue weighted by atomic mass is 35.5. The number of amides is 1. The Hall–Kier alpha value is -1.31. The first-order chi connectivity index (χ1) is 9.07. The Morgan fingerprint density at radius 2 is 1.85 bits per heavy atom. The van der Waals surface area contributed by atoms with E-state index in [1.807, 2.05) is 0 Å². The molecule has 0 aliphatic heterocycles. The van der Waals surface area contributed by atoms with Gasteiger partial charge in [-0.1, -0.05) is 11.6 Å². The number of nitrogen functional groups attached to an aromatic ring is 1. The molecule has 1 aromatic rings. The first-order valence-electron chi connectivity index (χ1n) is 5.79. The van der Waals surface area contributed by atoms with Crippen molar-refractivity contribution in [2.24, 2.45) is 0 Å². The van der Waals surface area contributed by atoms with E-state index in [-0.39, 0.29) is 22.4 Å². The lowest BCUT2D eigenvalue weighted by atomic mass is 10.2. The van der Waals surface area contributed by atoms with Crippen molar-refractivity contribution >= 4 is 33.2 Å². The van der Waals surface area contributed by atoms with Gasteiger partial charge >= 0.3 is 0 Å². The van der Waals surface area contributed by atoms with Crippen LogP contribution in [0.5, 0.6) is 0 Å². The number of rotatable bonds is 4. The molecule has 8 heteroatoms.